The van der Waals surface area contributed by atoms with Crippen LogP contribution in [0.5, 0.6) is 5.75 Å². The van der Waals surface area contributed by atoms with Crippen LogP contribution < -0.4 is 9.64 Å². The van der Waals surface area contributed by atoms with Gasteiger partial charge in [0.25, 0.3) is 0 Å². The van der Waals surface area contributed by atoms with Crippen LogP contribution >= 0.6 is 24.0 Å². The van der Waals surface area contributed by atoms with E-state index in [1.54, 1.807) is 0 Å². The maximum atomic E-state index is 12.9. The summed E-state index contributed by atoms with van der Waals surface area (Å²) in [5, 5.41) is 0.721. The summed E-state index contributed by atoms with van der Waals surface area (Å²) in [7, 11) is 0. The van der Waals surface area contributed by atoms with Gasteiger partial charge >= 0.3 is 6.18 Å². The van der Waals surface area contributed by atoms with E-state index in [1.807, 2.05) is 48.5 Å². The van der Waals surface area contributed by atoms with Gasteiger partial charge < -0.3 is 9.64 Å². The fraction of sp³-hybridized carbons (Fsp3) is 0.280. The zero-order valence-corrected chi connectivity index (χ0v) is 19.4. The maximum absolute atomic E-state index is 12.9. The van der Waals surface area contributed by atoms with E-state index in [0.717, 1.165) is 54.6 Å². The van der Waals surface area contributed by atoms with E-state index in [4.69, 9.17) is 16.3 Å². The van der Waals surface area contributed by atoms with E-state index >= 15 is 0 Å². The molecule has 0 bridgehead atoms. The lowest BCUT2D eigenvalue weighted by molar-refractivity contribution is -0.137. The quantitative estimate of drug-likeness (QED) is 0.376. The number of benzene rings is 3. The van der Waals surface area contributed by atoms with Gasteiger partial charge in [0.1, 0.15) is 11.9 Å². The smallest absolute Gasteiger partial charge is 0.416 e. The first kappa shape index (κ1) is 25.2. The summed E-state index contributed by atoms with van der Waals surface area (Å²) < 4.78 is 44.8. The van der Waals surface area contributed by atoms with Gasteiger partial charge in [0, 0.05) is 43.4 Å². The summed E-state index contributed by atoms with van der Waals surface area (Å²) in [6.45, 7) is 4.08. The number of ether oxygens (including phenoxy) is 1. The summed E-state index contributed by atoms with van der Waals surface area (Å²) in [4.78, 5) is 4.62. The van der Waals surface area contributed by atoms with E-state index in [1.165, 1.54) is 12.1 Å². The summed E-state index contributed by atoms with van der Waals surface area (Å²) in [6.07, 6.45) is -4.65. The van der Waals surface area contributed by atoms with Crippen molar-refractivity contribution in [3.63, 3.8) is 0 Å². The molecule has 3 nitrogen and oxygen atoms in total. The largest absolute Gasteiger partial charge is 0.484 e. The molecule has 1 aliphatic heterocycles. The van der Waals surface area contributed by atoms with Crippen molar-refractivity contribution < 1.29 is 17.9 Å². The molecule has 3 aromatic rings. The van der Waals surface area contributed by atoms with Gasteiger partial charge in [0.2, 0.25) is 0 Å². The lowest BCUT2D eigenvalue weighted by atomic mass is 10.1. The molecule has 0 radical (unpaired) electrons. The van der Waals surface area contributed by atoms with Crippen molar-refractivity contribution in [1.29, 1.82) is 0 Å². The van der Waals surface area contributed by atoms with Gasteiger partial charge in [-0.25, -0.2) is 0 Å². The molecular formula is C25H25Cl2F3N2O. The fourth-order valence-corrected chi connectivity index (χ4v) is 4.05. The second-order valence-electron chi connectivity index (χ2n) is 7.81. The van der Waals surface area contributed by atoms with Crippen molar-refractivity contribution >= 4 is 29.7 Å². The van der Waals surface area contributed by atoms with Gasteiger partial charge in [-0.2, -0.15) is 13.2 Å². The van der Waals surface area contributed by atoms with Gasteiger partial charge in [-0.3, -0.25) is 4.90 Å². The predicted octanol–water partition coefficient (Wildman–Crippen LogP) is 6.72. The molecule has 1 atom stereocenters. The Morgan fingerprint density at radius 1 is 0.848 bits per heavy atom. The molecular weight excluding hydrogens is 472 g/mol. The first-order valence-electron chi connectivity index (χ1n) is 10.5. The number of piperazine rings is 1. The molecule has 0 amide bonds. The average Bonchev–Trinajstić information content (AvgIpc) is 2.79. The summed E-state index contributed by atoms with van der Waals surface area (Å²) >= 11 is 6.13. The van der Waals surface area contributed by atoms with Crippen LogP contribution in [0.1, 0.15) is 17.2 Å². The molecule has 0 aromatic heterocycles. The summed E-state index contributed by atoms with van der Waals surface area (Å²) in [5.41, 5.74) is 1.42. The third kappa shape index (κ3) is 6.79. The first-order chi connectivity index (χ1) is 15.4. The highest BCUT2D eigenvalue weighted by atomic mass is 35.5. The van der Waals surface area contributed by atoms with Gasteiger partial charge in [-0.05, 0) is 48.0 Å². The number of alkyl halides is 3. The van der Waals surface area contributed by atoms with Crippen LogP contribution in [0.4, 0.5) is 18.9 Å². The number of nitrogens with zero attached hydrogens (tertiary/aromatic N) is 2. The van der Waals surface area contributed by atoms with Crippen molar-refractivity contribution in [3.05, 3.63) is 95.0 Å². The number of hydrogen-bond donors (Lipinski definition) is 0. The van der Waals surface area contributed by atoms with E-state index in [0.29, 0.717) is 12.3 Å². The van der Waals surface area contributed by atoms with Crippen LogP contribution in [0.15, 0.2) is 78.9 Å². The Hall–Kier alpha value is -2.41. The minimum absolute atomic E-state index is 0. The molecule has 4 rings (SSSR count). The summed E-state index contributed by atoms with van der Waals surface area (Å²) in [6, 6.07) is 22.5. The maximum Gasteiger partial charge on any atom is 0.416 e. The standard InChI is InChI=1S/C25H24ClF3N2O.ClH/c26-21-7-4-8-22(17-21)31-15-13-30(14-16-31)18-24(19-5-2-1-3-6-19)32-23-11-9-20(10-12-23)25(27,28)29;/h1-12,17,24H,13-16,18H2;1H. The zero-order chi connectivity index (χ0) is 22.6. The van der Waals surface area contributed by atoms with Crippen LogP contribution in [-0.4, -0.2) is 37.6 Å². The molecule has 0 aliphatic carbocycles. The van der Waals surface area contributed by atoms with Crippen molar-refractivity contribution in [1.82, 2.24) is 4.90 Å². The Kier molecular flexibility index (Phi) is 8.51. The molecule has 1 saturated heterocycles. The first-order valence-corrected chi connectivity index (χ1v) is 10.9. The molecule has 3 aromatic carbocycles. The highest BCUT2D eigenvalue weighted by Crippen LogP contribution is 2.31. The minimum Gasteiger partial charge on any atom is -0.484 e. The number of rotatable bonds is 6. The zero-order valence-electron chi connectivity index (χ0n) is 17.8. The topological polar surface area (TPSA) is 15.7 Å². The molecule has 0 N–H and O–H groups in total. The highest BCUT2D eigenvalue weighted by Gasteiger charge is 2.30. The monoisotopic (exact) mass is 496 g/mol. The number of anilines is 1. The molecule has 1 unspecified atom stereocenters. The fourth-order valence-electron chi connectivity index (χ4n) is 3.86. The van der Waals surface area contributed by atoms with Crippen LogP contribution in [-0.2, 0) is 6.18 Å². The Bertz CT molecular complexity index is 1010. The third-order valence-corrected chi connectivity index (χ3v) is 5.84. The Balaban J connectivity index is 0.00000306. The second-order valence-corrected chi connectivity index (χ2v) is 8.24. The average molecular weight is 497 g/mol. The van der Waals surface area contributed by atoms with Crippen molar-refractivity contribution in [2.45, 2.75) is 12.3 Å². The van der Waals surface area contributed by atoms with Crippen LogP contribution in [0.3, 0.4) is 0 Å². The SMILES string of the molecule is Cl.FC(F)(F)c1ccc(OC(CN2CCN(c3cccc(Cl)c3)CC2)c2ccccc2)cc1. The molecule has 1 heterocycles. The van der Waals surface area contributed by atoms with E-state index in [2.05, 4.69) is 15.9 Å². The van der Waals surface area contributed by atoms with Crippen LogP contribution in [0.2, 0.25) is 5.02 Å². The Labute approximate surface area is 203 Å². The van der Waals surface area contributed by atoms with Gasteiger partial charge in [-0.15, -0.1) is 12.4 Å². The normalized spacial score (nSPS) is 15.6. The number of hydrogen-bond acceptors (Lipinski definition) is 3. The van der Waals surface area contributed by atoms with E-state index in [9.17, 15) is 13.2 Å². The molecule has 1 aliphatic rings. The second kappa shape index (κ2) is 11.1. The molecule has 176 valence electrons. The molecule has 0 saturated carbocycles. The molecule has 33 heavy (non-hydrogen) atoms. The highest BCUT2D eigenvalue weighted by molar-refractivity contribution is 6.30. The van der Waals surface area contributed by atoms with Gasteiger partial charge in [-0.1, -0.05) is 48.0 Å². The van der Waals surface area contributed by atoms with Crippen molar-refractivity contribution in [3.8, 4) is 5.75 Å². The van der Waals surface area contributed by atoms with Crippen molar-refractivity contribution in [2.24, 2.45) is 0 Å². The van der Waals surface area contributed by atoms with E-state index < -0.39 is 11.7 Å². The van der Waals surface area contributed by atoms with Crippen LogP contribution in [0.25, 0.3) is 0 Å². The van der Waals surface area contributed by atoms with E-state index in [-0.39, 0.29) is 18.5 Å². The Morgan fingerprint density at radius 2 is 1.52 bits per heavy atom. The summed E-state index contributed by atoms with van der Waals surface area (Å²) in [5.74, 6) is 0.421. The third-order valence-electron chi connectivity index (χ3n) is 5.60. The predicted molar refractivity (Wildman–Crippen MR) is 129 cm³/mol. The molecule has 8 heteroatoms. The van der Waals surface area contributed by atoms with Crippen LogP contribution in [0, 0.1) is 0 Å². The lowest BCUT2D eigenvalue weighted by Gasteiger charge is -2.37. The molecule has 1 fully saturated rings. The van der Waals surface area contributed by atoms with Gasteiger partial charge in [0.15, 0.2) is 0 Å². The molecule has 0 spiro atoms. The minimum atomic E-state index is -4.36. The lowest BCUT2D eigenvalue weighted by Crippen LogP contribution is -2.48. The van der Waals surface area contributed by atoms with Crippen molar-refractivity contribution in [2.75, 3.05) is 37.6 Å². The number of halogens is 5. The Morgan fingerprint density at radius 3 is 2.12 bits per heavy atom. The van der Waals surface area contributed by atoms with Gasteiger partial charge in [0.05, 0.1) is 5.56 Å².